The Hall–Kier alpha value is -0.890. The van der Waals surface area contributed by atoms with Crippen LogP contribution in [0.3, 0.4) is 0 Å². The molecule has 0 radical (unpaired) electrons. The molecule has 0 fully saturated rings. The Morgan fingerprint density at radius 3 is 2.82 bits per heavy atom. The van der Waals surface area contributed by atoms with Gasteiger partial charge in [-0.05, 0) is 12.2 Å². The second kappa shape index (κ2) is 3.49. The lowest BCUT2D eigenvalue weighted by molar-refractivity contribution is 0.659. The molecular formula is C8H7ClFN. The van der Waals surface area contributed by atoms with Crippen LogP contribution in [-0.2, 0) is 0 Å². The highest BCUT2D eigenvalue weighted by molar-refractivity contribution is 6.29. The first-order valence-corrected chi connectivity index (χ1v) is 3.55. The predicted octanol–water partition coefficient (Wildman–Crippen LogP) is 2.60. The molecule has 0 bridgehead atoms. The van der Waals surface area contributed by atoms with Crippen molar-refractivity contribution in [1.82, 2.24) is 0 Å². The van der Waals surface area contributed by atoms with Gasteiger partial charge in [-0.3, -0.25) is 4.99 Å². The van der Waals surface area contributed by atoms with Gasteiger partial charge < -0.3 is 0 Å². The van der Waals surface area contributed by atoms with Gasteiger partial charge in [0, 0.05) is 18.2 Å². The summed E-state index contributed by atoms with van der Waals surface area (Å²) >= 11 is 5.39. The normalized spacial score (nSPS) is 24.5. The zero-order valence-electron chi connectivity index (χ0n) is 6.01. The SMILES string of the molecule is CN=C1C=CC=C(F)C1=CCl. The molecule has 0 aromatic rings. The Bertz CT molecular complexity index is 274. The van der Waals surface area contributed by atoms with Gasteiger partial charge in [0.05, 0.1) is 5.71 Å². The van der Waals surface area contributed by atoms with Crippen molar-refractivity contribution >= 4 is 17.3 Å². The van der Waals surface area contributed by atoms with Crippen LogP contribution in [0.5, 0.6) is 0 Å². The summed E-state index contributed by atoms with van der Waals surface area (Å²) in [5, 5.41) is 0. The van der Waals surface area contributed by atoms with E-state index in [0.29, 0.717) is 11.3 Å². The summed E-state index contributed by atoms with van der Waals surface area (Å²) in [6, 6.07) is 0. The van der Waals surface area contributed by atoms with Crippen molar-refractivity contribution in [2.24, 2.45) is 4.99 Å². The number of hydrogen-bond acceptors (Lipinski definition) is 1. The molecule has 0 heterocycles. The van der Waals surface area contributed by atoms with E-state index in [2.05, 4.69) is 4.99 Å². The molecule has 0 spiro atoms. The molecule has 11 heavy (non-hydrogen) atoms. The fourth-order valence-electron chi connectivity index (χ4n) is 0.829. The molecule has 0 aliphatic heterocycles. The van der Waals surface area contributed by atoms with Crippen molar-refractivity contribution in [2.75, 3.05) is 7.05 Å². The lowest BCUT2D eigenvalue weighted by atomic mass is 10.1. The number of halogens is 2. The quantitative estimate of drug-likeness (QED) is 0.531. The maximum Gasteiger partial charge on any atom is 0.133 e. The smallest absolute Gasteiger partial charge is 0.133 e. The summed E-state index contributed by atoms with van der Waals surface area (Å²) in [6.45, 7) is 0. The lowest BCUT2D eigenvalue weighted by Crippen LogP contribution is -2.02. The van der Waals surface area contributed by atoms with Crippen LogP contribution in [-0.4, -0.2) is 12.8 Å². The molecule has 1 rings (SSSR count). The number of allylic oxidation sites excluding steroid dienone is 5. The number of rotatable bonds is 0. The Morgan fingerprint density at radius 1 is 1.64 bits per heavy atom. The van der Waals surface area contributed by atoms with Gasteiger partial charge >= 0.3 is 0 Å². The molecule has 0 saturated carbocycles. The molecule has 1 aliphatic rings. The third kappa shape index (κ3) is 1.57. The van der Waals surface area contributed by atoms with E-state index in [4.69, 9.17) is 11.6 Å². The van der Waals surface area contributed by atoms with Crippen molar-refractivity contribution in [3.63, 3.8) is 0 Å². The average Bonchev–Trinajstić information content (AvgIpc) is 2.04. The Morgan fingerprint density at radius 2 is 2.36 bits per heavy atom. The van der Waals surface area contributed by atoms with Gasteiger partial charge in [0.15, 0.2) is 0 Å². The summed E-state index contributed by atoms with van der Waals surface area (Å²) < 4.78 is 12.9. The van der Waals surface area contributed by atoms with Gasteiger partial charge in [-0.1, -0.05) is 17.7 Å². The second-order valence-corrected chi connectivity index (χ2v) is 2.22. The summed E-state index contributed by atoms with van der Waals surface area (Å²) in [5.74, 6) is -0.344. The molecule has 3 heteroatoms. The van der Waals surface area contributed by atoms with E-state index >= 15 is 0 Å². The zero-order valence-corrected chi connectivity index (χ0v) is 6.77. The minimum Gasteiger partial charge on any atom is -0.288 e. The zero-order chi connectivity index (χ0) is 8.27. The number of hydrogen-bond donors (Lipinski definition) is 0. The van der Waals surface area contributed by atoms with Gasteiger partial charge in [-0.2, -0.15) is 0 Å². The van der Waals surface area contributed by atoms with Crippen molar-refractivity contribution in [1.29, 1.82) is 0 Å². The van der Waals surface area contributed by atoms with Crippen molar-refractivity contribution in [3.8, 4) is 0 Å². The molecule has 58 valence electrons. The Kier molecular flexibility index (Phi) is 2.60. The molecule has 0 amide bonds. The fourth-order valence-corrected chi connectivity index (χ4v) is 1.04. The first-order valence-electron chi connectivity index (χ1n) is 3.11. The third-order valence-electron chi connectivity index (χ3n) is 1.38. The van der Waals surface area contributed by atoms with Gasteiger partial charge in [-0.15, -0.1) is 0 Å². The van der Waals surface area contributed by atoms with Crippen LogP contribution in [0.15, 0.2) is 40.2 Å². The monoisotopic (exact) mass is 171 g/mol. The Balaban J connectivity index is 3.08. The van der Waals surface area contributed by atoms with Crippen LogP contribution in [0.4, 0.5) is 4.39 Å². The first kappa shape index (κ1) is 8.21. The molecule has 0 aromatic carbocycles. The van der Waals surface area contributed by atoms with Crippen LogP contribution in [0.2, 0.25) is 0 Å². The van der Waals surface area contributed by atoms with E-state index in [1.165, 1.54) is 11.6 Å². The van der Waals surface area contributed by atoms with Gasteiger partial charge in [0.25, 0.3) is 0 Å². The lowest BCUT2D eigenvalue weighted by Gasteiger charge is -2.05. The topological polar surface area (TPSA) is 12.4 Å². The van der Waals surface area contributed by atoms with Crippen LogP contribution in [0.25, 0.3) is 0 Å². The molecule has 0 atom stereocenters. The predicted molar refractivity (Wildman–Crippen MR) is 45.6 cm³/mol. The van der Waals surface area contributed by atoms with Crippen LogP contribution in [0, 0.1) is 0 Å². The number of nitrogens with zero attached hydrogens (tertiary/aromatic N) is 1. The van der Waals surface area contributed by atoms with Crippen LogP contribution in [0.1, 0.15) is 0 Å². The van der Waals surface area contributed by atoms with Crippen LogP contribution >= 0.6 is 11.6 Å². The molecule has 0 aromatic heterocycles. The fraction of sp³-hybridized carbons (Fsp3) is 0.125. The maximum atomic E-state index is 12.9. The third-order valence-corrected chi connectivity index (χ3v) is 1.60. The van der Waals surface area contributed by atoms with Gasteiger partial charge in [-0.25, -0.2) is 4.39 Å². The van der Waals surface area contributed by atoms with Gasteiger partial charge in [0.1, 0.15) is 5.83 Å². The van der Waals surface area contributed by atoms with E-state index in [1.807, 2.05) is 0 Å². The largest absolute Gasteiger partial charge is 0.288 e. The molecule has 0 unspecified atom stereocenters. The standard InChI is InChI=1S/C8H7ClFN/c1-11-8-4-2-3-7(10)6(8)5-9/h2-5H,1H3. The highest BCUT2D eigenvalue weighted by Crippen LogP contribution is 2.19. The minimum absolute atomic E-state index is 0.344. The van der Waals surface area contributed by atoms with Crippen molar-refractivity contribution in [3.05, 3.63) is 35.2 Å². The van der Waals surface area contributed by atoms with E-state index in [1.54, 1.807) is 19.2 Å². The maximum absolute atomic E-state index is 12.9. The van der Waals surface area contributed by atoms with E-state index in [0.717, 1.165) is 0 Å². The van der Waals surface area contributed by atoms with E-state index in [9.17, 15) is 4.39 Å². The van der Waals surface area contributed by atoms with Crippen LogP contribution < -0.4 is 0 Å². The van der Waals surface area contributed by atoms with E-state index in [-0.39, 0.29) is 5.83 Å². The average molecular weight is 172 g/mol. The van der Waals surface area contributed by atoms with E-state index < -0.39 is 0 Å². The van der Waals surface area contributed by atoms with Crippen molar-refractivity contribution < 1.29 is 4.39 Å². The van der Waals surface area contributed by atoms with Gasteiger partial charge in [0.2, 0.25) is 0 Å². The first-order chi connectivity index (χ1) is 5.29. The summed E-state index contributed by atoms with van der Waals surface area (Å²) in [6.07, 6.45) is 4.65. The summed E-state index contributed by atoms with van der Waals surface area (Å²) in [5.41, 5.74) is 2.11. The van der Waals surface area contributed by atoms with Crippen molar-refractivity contribution in [2.45, 2.75) is 0 Å². The Labute approximate surface area is 69.6 Å². The summed E-state index contributed by atoms with van der Waals surface area (Å²) in [4.78, 5) is 3.85. The highest BCUT2D eigenvalue weighted by Gasteiger charge is 2.10. The number of aliphatic imine (C=N–C) groups is 1. The second-order valence-electron chi connectivity index (χ2n) is 2.01. The molecule has 0 N–H and O–H groups in total. The molecular weight excluding hydrogens is 165 g/mol. The summed E-state index contributed by atoms with van der Waals surface area (Å²) in [7, 11) is 1.60. The minimum atomic E-state index is -0.344. The highest BCUT2D eigenvalue weighted by atomic mass is 35.5. The molecule has 1 aliphatic carbocycles. The molecule has 0 saturated heterocycles. The molecule has 1 nitrogen and oxygen atoms in total.